The molecule has 2 aromatic rings. The lowest BCUT2D eigenvalue weighted by atomic mass is 10.1. The molecule has 0 aliphatic heterocycles. The molecule has 0 amide bonds. The smallest absolute Gasteiger partial charge is 0.255 e. The second-order valence-corrected chi connectivity index (χ2v) is 5.03. The maximum absolute atomic E-state index is 13.2. The molecule has 1 heterocycles. The van der Waals surface area contributed by atoms with Crippen LogP contribution in [0.1, 0.15) is 31.2 Å². The van der Waals surface area contributed by atoms with Crippen LogP contribution in [-0.2, 0) is 6.54 Å². The van der Waals surface area contributed by atoms with Gasteiger partial charge in [0.2, 0.25) is 0 Å². The highest BCUT2D eigenvalue weighted by atomic mass is 35.5. The number of aromatic nitrogens is 2. The largest absolute Gasteiger partial charge is 0.292 e. The molecule has 3 nitrogen and oxygen atoms in total. The van der Waals surface area contributed by atoms with Gasteiger partial charge in [0.05, 0.1) is 6.54 Å². The topological polar surface area (TPSA) is 34.9 Å². The summed E-state index contributed by atoms with van der Waals surface area (Å²) < 4.78 is 14.7. The molecule has 2 rings (SSSR count). The Hall–Kier alpha value is -1.68. The van der Waals surface area contributed by atoms with Crippen molar-refractivity contribution in [3.05, 3.63) is 63.0 Å². The molecule has 5 heteroatoms. The van der Waals surface area contributed by atoms with Crippen molar-refractivity contribution in [3.8, 4) is 0 Å². The van der Waals surface area contributed by atoms with Gasteiger partial charge in [0.25, 0.3) is 5.56 Å². The third-order valence-corrected chi connectivity index (χ3v) is 2.95. The summed E-state index contributed by atoms with van der Waals surface area (Å²) in [6.07, 6.45) is 0. The van der Waals surface area contributed by atoms with Crippen molar-refractivity contribution < 1.29 is 4.39 Å². The SMILES string of the molecule is CC(C)c1nc(Cl)cc(=O)n1Cc1cccc(F)c1. The van der Waals surface area contributed by atoms with E-state index in [1.807, 2.05) is 13.8 Å². The summed E-state index contributed by atoms with van der Waals surface area (Å²) in [6, 6.07) is 7.44. The minimum Gasteiger partial charge on any atom is -0.292 e. The molecule has 1 aromatic heterocycles. The third kappa shape index (κ3) is 3.20. The first-order valence-electron chi connectivity index (χ1n) is 5.99. The molecule has 1 aromatic carbocycles. The predicted molar refractivity (Wildman–Crippen MR) is 73.1 cm³/mol. The average molecular weight is 281 g/mol. The van der Waals surface area contributed by atoms with Crippen LogP contribution in [0, 0.1) is 5.82 Å². The first kappa shape index (κ1) is 13.7. The van der Waals surface area contributed by atoms with Gasteiger partial charge in [-0.1, -0.05) is 37.6 Å². The van der Waals surface area contributed by atoms with Crippen LogP contribution in [0.5, 0.6) is 0 Å². The molecule has 19 heavy (non-hydrogen) atoms. The summed E-state index contributed by atoms with van der Waals surface area (Å²) in [5.74, 6) is 0.334. The molecule has 0 bridgehead atoms. The summed E-state index contributed by atoms with van der Waals surface area (Å²) in [5, 5.41) is 0.184. The lowest BCUT2D eigenvalue weighted by molar-refractivity contribution is 0.608. The van der Waals surface area contributed by atoms with Gasteiger partial charge in [0.15, 0.2) is 0 Å². The van der Waals surface area contributed by atoms with Crippen LogP contribution in [0.3, 0.4) is 0 Å². The van der Waals surface area contributed by atoms with E-state index in [2.05, 4.69) is 4.98 Å². The Bertz CT molecular complexity index is 652. The van der Waals surface area contributed by atoms with Crippen molar-refractivity contribution in [3.63, 3.8) is 0 Å². The van der Waals surface area contributed by atoms with Crippen LogP contribution >= 0.6 is 11.6 Å². The minimum atomic E-state index is -0.321. The summed E-state index contributed by atoms with van der Waals surface area (Å²) in [5.41, 5.74) is 0.487. The molecule has 0 saturated heterocycles. The summed E-state index contributed by atoms with van der Waals surface area (Å²) in [4.78, 5) is 16.2. The number of hydrogen-bond donors (Lipinski definition) is 0. The first-order valence-corrected chi connectivity index (χ1v) is 6.37. The monoisotopic (exact) mass is 280 g/mol. The number of nitrogens with zero attached hydrogens (tertiary/aromatic N) is 2. The summed E-state index contributed by atoms with van der Waals surface area (Å²) in [6.45, 7) is 4.15. The van der Waals surface area contributed by atoms with Gasteiger partial charge >= 0.3 is 0 Å². The maximum Gasteiger partial charge on any atom is 0.255 e. The highest BCUT2D eigenvalue weighted by molar-refractivity contribution is 6.29. The molecule has 0 radical (unpaired) electrons. The Labute approximate surface area is 115 Å². The average Bonchev–Trinajstić information content (AvgIpc) is 2.32. The molecule has 0 saturated carbocycles. The van der Waals surface area contributed by atoms with Gasteiger partial charge in [0, 0.05) is 12.0 Å². The van der Waals surface area contributed by atoms with Crippen LogP contribution < -0.4 is 5.56 Å². The van der Waals surface area contributed by atoms with Gasteiger partial charge in [-0.15, -0.1) is 0 Å². The van der Waals surface area contributed by atoms with E-state index in [1.165, 1.54) is 22.8 Å². The Kier molecular flexibility index (Phi) is 4.00. The van der Waals surface area contributed by atoms with E-state index in [4.69, 9.17) is 11.6 Å². The molecular formula is C14H14ClFN2O. The van der Waals surface area contributed by atoms with E-state index in [0.717, 1.165) is 0 Å². The van der Waals surface area contributed by atoms with Crippen molar-refractivity contribution in [1.82, 2.24) is 9.55 Å². The molecule has 0 N–H and O–H groups in total. The van der Waals surface area contributed by atoms with Crippen molar-refractivity contribution in [2.45, 2.75) is 26.3 Å². The standard InChI is InChI=1S/C14H14ClFN2O/c1-9(2)14-17-12(15)7-13(19)18(14)8-10-4-3-5-11(16)6-10/h3-7,9H,8H2,1-2H3. The van der Waals surface area contributed by atoms with Crippen molar-refractivity contribution in [2.24, 2.45) is 0 Å². The summed E-state index contributed by atoms with van der Waals surface area (Å²) in [7, 11) is 0. The Balaban J connectivity index is 2.47. The fourth-order valence-corrected chi connectivity index (χ4v) is 2.09. The van der Waals surface area contributed by atoms with Crippen LogP contribution in [0.2, 0.25) is 5.15 Å². The zero-order valence-electron chi connectivity index (χ0n) is 10.7. The Morgan fingerprint density at radius 1 is 1.37 bits per heavy atom. The highest BCUT2D eigenvalue weighted by Gasteiger charge is 2.12. The fraction of sp³-hybridized carbons (Fsp3) is 0.286. The lowest BCUT2D eigenvalue weighted by Crippen LogP contribution is -2.25. The van der Waals surface area contributed by atoms with Gasteiger partial charge in [-0.25, -0.2) is 9.37 Å². The van der Waals surface area contributed by atoms with Crippen LogP contribution in [0.25, 0.3) is 0 Å². The van der Waals surface area contributed by atoms with Gasteiger partial charge in [-0.2, -0.15) is 0 Å². The fourth-order valence-electron chi connectivity index (χ4n) is 1.91. The molecule has 0 unspecified atom stereocenters. The quantitative estimate of drug-likeness (QED) is 0.809. The van der Waals surface area contributed by atoms with Gasteiger partial charge < -0.3 is 0 Å². The third-order valence-electron chi connectivity index (χ3n) is 2.75. The van der Waals surface area contributed by atoms with Gasteiger partial charge in [-0.05, 0) is 17.7 Å². The van der Waals surface area contributed by atoms with E-state index >= 15 is 0 Å². The molecule has 100 valence electrons. The van der Waals surface area contributed by atoms with Crippen molar-refractivity contribution in [1.29, 1.82) is 0 Å². The number of hydrogen-bond acceptors (Lipinski definition) is 2. The maximum atomic E-state index is 13.2. The zero-order chi connectivity index (χ0) is 14.0. The van der Waals surface area contributed by atoms with Gasteiger partial charge in [-0.3, -0.25) is 9.36 Å². The second kappa shape index (κ2) is 5.53. The first-order chi connectivity index (χ1) is 8.97. The minimum absolute atomic E-state index is 0.0555. The molecule has 0 fully saturated rings. The van der Waals surface area contributed by atoms with Crippen LogP contribution in [-0.4, -0.2) is 9.55 Å². The molecule has 0 aliphatic rings. The molecule has 0 spiro atoms. The van der Waals surface area contributed by atoms with Crippen molar-refractivity contribution in [2.75, 3.05) is 0 Å². The lowest BCUT2D eigenvalue weighted by Gasteiger charge is -2.14. The Morgan fingerprint density at radius 3 is 2.74 bits per heavy atom. The van der Waals surface area contributed by atoms with E-state index in [9.17, 15) is 9.18 Å². The second-order valence-electron chi connectivity index (χ2n) is 4.65. The normalized spacial score (nSPS) is 11.0. The zero-order valence-corrected chi connectivity index (χ0v) is 11.5. The number of benzene rings is 1. The van der Waals surface area contributed by atoms with Crippen LogP contribution in [0.4, 0.5) is 4.39 Å². The molecule has 0 aliphatic carbocycles. The highest BCUT2D eigenvalue weighted by Crippen LogP contribution is 2.14. The van der Waals surface area contributed by atoms with E-state index in [0.29, 0.717) is 11.4 Å². The Morgan fingerprint density at radius 2 is 2.11 bits per heavy atom. The van der Waals surface area contributed by atoms with E-state index in [1.54, 1.807) is 12.1 Å². The summed E-state index contributed by atoms with van der Waals surface area (Å²) >= 11 is 5.81. The number of rotatable bonds is 3. The molecular weight excluding hydrogens is 267 g/mol. The van der Waals surface area contributed by atoms with E-state index < -0.39 is 0 Å². The molecule has 0 atom stereocenters. The van der Waals surface area contributed by atoms with Gasteiger partial charge in [0.1, 0.15) is 16.8 Å². The van der Waals surface area contributed by atoms with Crippen LogP contribution in [0.15, 0.2) is 35.1 Å². The number of halogens is 2. The van der Waals surface area contributed by atoms with E-state index in [-0.39, 0.29) is 29.0 Å². The van der Waals surface area contributed by atoms with Crippen molar-refractivity contribution >= 4 is 11.6 Å². The predicted octanol–water partition coefficient (Wildman–Crippen LogP) is 3.21.